The SMILES string of the molecule is COc1ccc(C=C=C(C)C(C)C)cc1. The highest BCUT2D eigenvalue weighted by molar-refractivity contribution is 5.50. The van der Waals surface area contributed by atoms with E-state index in [1.807, 2.05) is 30.3 Å². The van der Waals surface area contributed by atoms with Gasteiger partial charge in [0.25, 0.3) is 0 Å². The summed E-state index contributed by atoms with van der Waals surface area (Å²) in [6.45, 7) is 6.44. The van der Waals surface area contributed by atoms with Crippen LogP contribution in [0.3, 0.4) is 0 Å². The van der Waals surface area contributed by atoms with Crippen LogP contribution >= 0.6 is 0 Å². The van der Waals surface area contributed by atoms with Gasteiger partial charge in [-0.15, -0.1) is 5.73 Å². The number of methoxy groups -OCH3 is 1. The highest BCUT2D eigenvalue weighted by Gasteiger charge is 1.93. The number of hydrogen-bond acceptors (Lipinski definition) is 1. The van der Waals surface area contributed by atoms with Crippen LogP contribution in [-0.2, 0) is 0 Å². The molecule has 0 fully saturated rings. The summed E-state index contributed by atoms with van der Waals surface area (Å²) in [5, 5.41) is 0. The molecular weight excluding hydrogens is 184 g/mol. The first-order valence-corrected chi connectivity index (χ1v) is 5.20. The van der Waals surface area contributed by atoms with E-state index in [9.17, 15) is 0 Å². The first-order valence-electron chi connectivity index (χ1n) is 5.20. The summed E-state index contributed by atoms with van der Waals surface area (Å²) >= 11 is 0. The fourth-order valence-electron chi connectivity index (χ4n) is 1.06. The molecule has 0 aromatic heterocycles. The first kappa shape index (κ1) is 11.6. The second-order valence-electron chi connectivity index (χ2n) is 3.90. The molecule has 0 saturated heterocycles. The molecule has 0 aliphatic heterocycles. The van der Waals surface area contributed by atoms with Gasteiger partial charge in [-0.05, 0) is 42.2 Å². The topological polar surface area (TPSA) is 9.23 Å². The second-order valence-corrected chi connectivity index (χ2v) is 3.90. The average molecular weight is 202 g/mol. The van der Waals surface area contributed by atoms with Crippen LogP contribution in [0.25, 0.3) is 6.08 Å². The van der Waals surface area contributed by atoms with Crippen molar-refractivity contribution in [2.24, 2.45) is 5.92 Å². The Hall–Kier alpha value is -1.46. The van der Waals surface area contributed by atoms with Gasteiger partial charge in [0.05, 0.1) is 7.11 Å². The molecule has 0 N–H and O–H groups in total. The number of allylic oxidation sites excluding steroid dienone is 1. The van der Waals surface area contributed by atoms with Crippen LogP contribution in [-0.4, -0.2) is 7.11 Å². The average Bonchev–Trinajstić information content (AvgIpc) is 2.26. The lowest BCUT2D eigenvalue weighted by atomic mass is 10.1. The molecule has 0 unspecified atom stereocenters. The van der Waals surface area contributed by atoms with E-state index in [1.165, 1.54) is 5.57 Å². The molecule has 0 spiro atoms. The molecule has 1 nitrogen and oxygen atoms in total. The van der Waals surface area contributed by atoms with E-state index in [0.29, 0.717) is 5.92 Å². The van der Waals surface area contributed by atoms with Gasteiger partial charge in [-0.2, -0.15) is 0 Å². The Labute approximate surface area is 92.1 Å². The third-order valence-electron chi connectivity index (χ3n) is 2.45. The summed E-state index contributed by atoms with van der Waals surface area (Å²) in [5.41, 5.74) is 5.70. The van der Waals surface area contributed by atoms with Gasteiger partial charge in [0.2, 0.25) is 0 Å². The van der Waals surface area contributed by atoms with Gasteiger partial charge < -0.3 is 4.74 Å². The van der Waals surface area contributed by atoms with Crippen LogP contribution in [0, 0.1) is 5.92 Å². The number of ether oxygens (including phenoxy) is 1. The van der Waals surface area contributed by atoms with Gasteiger partial charge >= 0.3 is 0 Å². The van der Waals surface area contributed by atoms with E-state index in [-0.39, 0.29) is 0 Å². The van der Waals surface area contributed by atoms with Crippen LogP contribution < -0.4 is 4.74 Å². The van der Waals surface area contributed by atoms with Crippen LogP contribution in [0.4, 0.5) is 0 Å². The van der Waals surface area contributed by atoms with Gasteiger partial charge in [0, 0.05) is 0 Å². The first-order chi connectivity index (χ1) is 7.13. The van der Waals surface area contributed by atoms with Crippen molar-refractivity contribution in [2.45, 2.75) is 20.8 Å². The van der Waals surface area contributed by atoms with E-state index in [4.69, 9.17) is 4.74 Å². The van der Waals surface area contributed by atoms with E-state index >= 15 is 0 Å². The molecule has 1 heteroatoms. The van der Waals surface area contributed by atoms with Crippen LogP contribution in [0.2, 0.25) is 0 Å². The van der Waals surface area contributed by atoms with E-state index in [0.717, 1.165) is 11.3 Å². The molecule has 80 valence electrons. The van der Waals surface area contributed by atoms with E-state index in [1.54, 1.807) is 7.11 Å². The predicted molar refractivity (Wildman–Crippen MR) is 65.0 cm³/mol. The molecule has 0 radical (unpaired) electrons. The summed E-state index contributed by atoms with van der Waals surface area (Å²) in [5.74, 6) is 1.44. The maximum atomic E-state index is 5.09. The summed E-state index contributed by atoms with van der Waals surface area (Å²) in [6, 6.07) is 7.97. The van der Waals surface area contributed by atoms with Gasteiger partial charge in [0.15, 0.2) is 0 Å². The maximum Gasteiger partial charge on any atom is 0.118 e. The predicted octanol–water partition coefficient (Wildman–Crippen LogP) is 3.91. The van der Waals surface area contributed by atoms with Gasteiger partial charge in [0.1, 0.15) is 5.75 Å². The molecule has 0 aliphatic rings. The molecule has 0 atom stereocenters. The Morgan fingerprint density at radius 3 is 2.33 bits per heavy atom. The number of benzene rings is 1. The van der Waals surface area contributed by atoms with Gasteiger partial charge in [-0.1, -0.05) is 26.0 Å². The summed E-state index contributed by atoms with van der Waals surface area (Å²) in [6.07, 6.45) is 2.01. The Balaban J connectivity index is 2.85. The van der Waals surface area contributed by atoms with Crippen LogP contribution in [0.15, 0.2) is 35.6 Å². The molecule has 0 heterocycles. The zero-order valence-corrected chi connectivity index (χ0v) is 9.87. The second kappa shape index (κ2) is 5.43. The van der Waals surface area contributed by atoms with Gasteiger partial charge in [-0.3, -0.25) is 0 Å². The lowest BCUT2D eigenvalue weighted by Crippen LogP contribution is -1.85. The fourth-order valence-corrected chi connectivity index (χ4v) is 1.06. The number of rotatable bonds is 3. The summed E-state index contributed by atoms with van der Waals surface area (Å²) < 4.78 is 5.09. The lowest BCUT2D eigenvalue weighted by molar-refractivity contribution is 0.415. The highest BCUT2D eigenvalue weighted by atomic mass is 16.5. The number of hydrogen-bond donors (Lipinski definition) is 0. The lowest BCUT2D eigenvalue weighted by Gasteiger charge is -2.00. The normalized spacial score (nSPS) is 9.67. The van der Waals surface area contributed by atoms with E-state index in [2.05, 4.69) is 26.5 Å². The Morgan fingerprint density at radius 2 is 1.87 bits per heavy atom. The van der Waals surface area contributed by atoms with Crippen molar-refractivity contribution < 1.29 is 4.74 Å². The van der Waals surface area contributed by atoms with Gasteiger partial charge in [-0.25, -0.2) is 0 Å². The molecular formula is C14H18O. The van der Waals surface area contributed by atoms with Crippen molar-refractivity contribution in [1.29, 1.82) is 0 Å². The van der Waals surface area contributed by atoms with Crippen molar-refractivity contribution in [3.8, 4) is 5.75 Å². The van der Waals surface area contributed by atoms with Crippen LogP contribution in [0.5, 0.6) is 5.75 Å². The van der Waals surface area contributed by atoms with Crippen molar-refractivity contribution in [3.63, 3.8) is 0 Å². The monoisotopic (exact) mass is 202 g/mol. The minimum atomic E-state index is 0.555. The standard InChI is InChI=1S/C14H18O/c1-11(2)12(3)5-6-13-7-9-14(15-4)10-8-13/h6-11H,1-4H3. The Bertz CT molecular complexity index is 365. The quantitative estimate of drug-likeness (QED) is 0.675. The van der Waals surface area contributed by atoms with Crippen molar-refractivity contribution in [3.05, 3.63) is 41.1 Å². The minimum Gasteiger partial charge on any atom is -0.497 e. The molecule has 1 aromatic carbocycles. The van der Waals surface area contributed by atoms with Crippen LogP contribution in [0.1, 0.15) is 26.3 Å². The summed E-state index contributed by atoms with van der Waals surface area (Å²) in [4.78, 5) is 0. The molecule has 1 rings (SSSR count). The fraction of sp³-hybridized carbons (Fsp3) is 0.357. The zero-order valence-electron chi connectivity index (χ0n) is 9.87. The van der Waals surface area contributed by atoms with Crippen molar-refractivity contribution in [2.75, 3.05) is 7.11 Å². The van der Waals surface area contributed by atoms with Crippen molar-refractivity contribution >= 4 is 6.08 Å². The molecule has 15 heavy (non-hydrogen) atoms. The zero-order chi connectivity index (χ0) is 11.3. The minimum absolute atomic E-state index is 0.555. The third-order valence-corrected chi connectivity index (χ3v) is 2.45. The molecule has 0 bridgehead atoms. The Morgan fingerprint density at radius 1 is 1.27 bits per heavy atom. The third kappa shape index (κ3) is 3.65. The maximum absolute atomic E-state index is 5.09. The largest absolute Gasteiger partial charge is 0.497 e. The highest BCUT2D eigenvalue weighted by Crippen LogP contribution is 2.13. The molecule has 0 saturated carbocycles. The van der Waals surface area contributed by atoms with E-state index < -0.39 is 0 Å². The molecule has 1 aromatic rings. The Kier molecular flexibility index (Phi) is 4.20. The molecule has 0 amide bonds. The molecule has 0 aliphatic carbocycles. The smallest absolute Gasteiger partial charge is 0.118 e. The van der Waals surface area contributed by atoms with Crippen molar-refractivity contribution in [1.82, 2.24) is 0 Å². The summed E-state index contributed by atoms with van der Waals surface area (Å²) in [7, 11) is 1.67.